The second kappa shape index (κ2) is 8.63. The molecule has 0 amide bonds. The van der Waals surface area contributed by atoms with Gasteiger partial charge in [0.25, 0.3) is 0 Å². The number of nitro groups is 1. The number of hydrogen-bond donors (Lipinski definition) is 0. The van der Waals surface area contributed by atoms with Gasteiger partial charge in [0, 0.05) is 31.9 Å². The summed E-state index contributed by atoms with van der Waals surface area (Å²) in [6.07, 6.45) is 3.34. The minimum atomic E-state index is -0.654. The van der Waals surface area contributed by atoms with Crippen LogP contribution in [0.3, 0.4) is 0 Å². The summed E-state index contributed by atoms with van der Waals surface area (Å²) in [5.41, 5.74) is 2.11. The minimum Gasteiger partial charge on any atom is -0.372 e. The summed E-state index contributed by atoms with van der Waals surface area (Å²) in [4.78, 5) is 14.0. The van der Waals surface area contributed by atoms with E-state index in [-0.39, 0.29) is 10.8 Å². The Hall–Kier alpha value is -1.75. The molecular weight excluding hydrogens is 296 g/mol. The van der Waals surface area contributed by atoms with Crippen LogP contribution in [0.25, 0.3) is 0 Å². The molecule has 0 radical (unpaired) electrons. The summed E-state index contributed by atoms with van der Waals surface area (Å²) in [7, 11) is 3.75. The normalized spacial score (nSPS) is 13.2. The van der Waals surface area contributed by atoms with Crippen LogP contribution >= 0.6 is 12.2 Å². The fourth-order valence-electron chi connectivity index (χ4n) is 2.40. The van der Waals surface area contributed by atoms with Crippen molar-refractivity contribution in [2.75, 3.05) is 14.1 Å². The third-order valence-corrected chi connectivity index (χ3v) is 4.33. The summed E-state index contributed by atoms with van der Waals surface area (Å²) < 4.78 is 0. The van der Waals surface area contributed by atoms with Crippen molar-refractivity contribution in [2.45, 2.75) is 38.1 Å². The Kier molecular flexibility index (Phi) is 7.18. The maximum atomic E-state index is 11.6. The van der Waals surface area contributed by atoms with E-state index in [4.69, 9.17) is 12.2 Å². The van der Waals surface area contributed by atoms with Crippen molar-refractivity contribution < 1.29 is 4.92 Å². The third-order valence-electron chi connectivity index (χ3n) is 3.80. The van der Waals surface area contributed by atoms with Crippen molar-refractivity contribution in [3.63, 3.8) is 0 Å². The van der Waals surface area contributed by atoms with E-state index in [1.807, 2.05) is 50.2 Å². The molecular formula is C17H24N2O2S. The van der Waals surface area contributed by atoms with E-state index in [2.05, 4.69) is 6.58 Å². The Morgan fingerprint density at radius 2 is 2.00 bits per heavy atom. The maximum Gasteiger partial charge on any atom is 0.220 e. The Morgan fingerprint density at radius 1 is 1.41 bits per heavy atom. The smallest absolute Gasteiger partial charge is 0.220 e. The first-order valence-corrected chi connectivity index (χ1v) is 7.78. The highest BCUT2D eigenvalue weighted by atomic mass is 32.1. The van der Waals surface area contributed by atoms with E-state index < -0.39 is 6.04 Å². The van der Waals surface area contributed by atoms with Crippen LogP contribution in [0.4, 0.5) is 0 Å². The highest BCUT2D eigenvalue weighted by molar-refractivity contribution is 7.80. The molecule has 120 valence electrons. The highest BCUT2D eigenvalue weighted by Crippen LogP contribution is 2.29. The number of benzene rings is 1. The van der Waals surface area contributed by atoms with Gasteiger partial charge in [-0.1, -0.05) is 48.1 Å². The summed E-state index contributed by atoms with van der Waals surface area (Å²) >= 11 is 5.38. The van der Waals surface area contributed by atoms with Gasteiger partial charge in [-0.05, 0) is 18.9 Å². The number of thiocarbonyl (C=S) groups is 1. The molecule has 22 heavy (non-hydrogen) atoms. The van der Waals surface area contributed by atoms with Crippen LogP contribution in [-0.4, -0.2) is 34.9 Å². The average molecular weight is 320 g/mol. The number of rotatable bonds is 8. The molecule has 0 aliphatic carbocycles. The molecule has 0 aliphatic rings. The first-order chi connectivity index (χ1) is 10.4. The molecule has 0 N–H and O–H groups in total. The zero-order valence-corrected chi connectivity index (χ0v) is 14.3. The Bertz CT molecular complexity index is 526. The minimum absolute atomic E-state index is 0.174. The lowest BCUT2D eigenvalue weighted by Gasteiger charge is -2.24. The quantitative estimate of drug-likeness (QED) is 0.315. The van der Waals surface area contributed by atoms with Crippen LogP contribution in [0.1, 0.15) is 36.3 Å². The van der Waals surface area contributed by atoms with E-state index in [1.54, 1.807) is 6.08 Å². The molecule has 1 rings (SSSR count). The molecule has 0 unspecified atom stereocenters. The molecule has 4 nitrogen and oxygen atoms in total. The van der Waals surface area contributed by atoms with Crippen LogP contribution in [0.15, 0.2) is 36.9 Å². The summed E-state index contributed by atoms with van der Waals surface area (Å²) in [5, 5.41) is 11.6. The van der Waals surface area contributed by atoms with Crippen LogP contribution in [-0.2, 0) is 0 Å². The fourth-order valence-corrected chi connectivity index (χ4v) is 2.58. The van der Waals surface area contributed by atoms with Gasteiger partial charge in [0.2, 0.25) is 6.04 Å². The monoisotopic (exact) mass is 320 g/mol. The van der Waals surface area contributed by atoms with Gasteiger partial charge in [-0.25, -0.2) is 0 Å². The van der Waals surface area contributed by atoms with Gasteiger partial charge in [-0.15, -0.1) is 6.58 Å². The molecule has 5 heteroatoms. The van der Waals surface area contributed by atoms with E-state index >= 15 is 0 Å². The van der Waals surface area contributed by atoms with Gasteiger partial charge in [-0.3, -0.25) is 10.1 Å². The van der Waals surface area contributed by atoms with Crippen molar-refractivity contribution in [1.82, 2.24) is 4.90 Å². The lowest BCUT2D eigenvalue weighted by atomic mass is 9.86. The van der Waals surface area contributed by atoms with Crippen molar-refractivity contribution in [1.29, 1.82) is 0 Å². The highest BCUT2D eigenvalue weighted by Gasteiger charge is 2.33. The molecule has 1 aromatic rings. The maximum absolute atomic E-state index is 11.6. The summed E-state index contributed by atoms with van der Waals surface area (Å²) in [5.74, 6) is -0.217. The van der Waals surface area contributed by atoms with Crippen molar-refractivity contribution in [3.8, 4) is 0 Å². The van der Waals surface area contributed by atoms with Crippen LogP contribution in [0.5, 0.6) is 0 Å². The predicted molar refractivity (Wildman–Crippen MR) is 95.0 cm³/mol. The summed E-state index contributed by atoms with van der Waals surface area (Å²) in [6, 6.07) is 7.28. The molecule has 0 saturated heterocycles. The third kappa shape index (κ3) is 5.22. The molecule has 2 atom stereocenters. The molecule has 0 saturated carbocycles. The molecule has 0 bridgehead atoms. The van der Waals surface area contributed by atoms with Crippen molar-refractivity contribution in [3.05, 3.63) is 58.2 Å². The lowest BCUT2D eigenvalue weighted by molar-refractivity contribution is -0.527. The first kappa shape index (κ1) is 18.3. The molecule has 0 fully saturated rings. The van der Waals surface area contributed by atoms with E-state index in [9.17, 15) is 10.1 Å². The van der Waals surface area contributed by atoms with Gasteiger partial charge < -0.3 is 4.90 Å². The van der Waals surface area contributed by atoms with Crippen LogP contribution in [0, 0.1) is 17.0 Å². The second-order valence-electron chi connectivity index (χ2n) is 5.73. The fraction of sp³-hybridized carbons (Fsp3) is 0.471. The lowest BCUT2D eigenvalue weighted by Crippen LogP contribution is -2.32. The number of aryl methyl sites for hydroxylation is 1. The van der Waals surface area contributed by atoms with Crippen LogP contribution in [0.2, 0.25) is 0 Å². The Labute approximate surface area is 138 Å². The Balaban J connectivity index is 3.12. The van der Waals surface area contributed by atoms with E-state index in [0.29, 0.717) is 19.3 Å². The Morgan fingerprint density at radius 3 is 2.45 bits per heavy atom. The zero-order valence-electron chi connectivity index (χ0n) is 13.5. The molecule has 1 aromatic carbocycles. The predicted octanol–water partition coefficient (Wildman–Crippen LogP) is 3.97. The standard InChI is InChI=1S/C17H24N2O2S/c1-5-6-7-16(19(20)21)15(12-17(22)18(3)4)14-10-8-13(2)9-11-14/h5,8-11,15-16H,1,6-7,12H2,2-4H3/t15-,16-/m1/s1. The van der Waals surface area contributed by atoms with Crippen LogP contribution < -0.4 is 0 Å². The van der Waals surface area contributed by atoms with Gasteiger partial charge in [0.15, 0.2) is 0 Å². The average Bonchev–Trinajstić information content (AvgIpc) is 2.46. The molecule has 0 aromatic heterocycles. The number of hydrogen-bond acceptors (Lipinski definition) is 3. The zero-order chi connectivity index (χ0) is 16.7. The first-order valence-electron chi connectivity index (χ1n) is 7.38. The van der Waals surface area contributed by atoms with Crippen molar-refractivity contribution >= 4 is 17.2 Å². The van der Waals surface area contributed by atoms with Crippen molar-refractivity contribution in [2.24, 2.45) is 0 Å². The van der Waals surface area contributed by atoms with Gasteiger partial charge in [0.1, 0.15) is 0 Å². The van der Waals surface area contributed by atoms with Gasteiger partial charge in [-0.2, -0.15) is 0 Å². The summed E-state index contributed by atoms with van der Waals surface area (Å²) in [6.45, 7) is 5.67. The molecule has 0 spiro atoms. The van der Waals surface area contributed by atoms with E-state index in [0.717, 1.165) is 16.1 Å². The molecule has 0 aliphatic heterocycles. The number of allylic oxidation sites excluding steroid dienone is 1. The topological polar surface area (TPSA) is 46.4 Å². The second-order valence-corrected chi connectivity index (χ2v) is 6.20. The van der Waals surface area contributed by atoms with E-state index in [1.165, 1.54) is 0 Å². The largest absolute Gasteiger partial charge is 0.372 e. The van der Waals surface area contributed by atoms with Gasteiger partial charge in [0.05, 0.1) is 10.9 Å². The molecule has 0 heterocycles. The SMILES string of the molecule is C=CCC[C@H]([C@H](CC(=S)N(C)C)c1ccc(C)cc1)[N+](=O)[O-]. The van der Waals surface area contributed by atoms with Gasteiger partial charge >= 0.3 is 0 Å². The number of nitrogens with zero attached hydrogens (tertiary/aromatic N) is 2.